The smallest absolute Gasteiger partial charge is 0.369 e. The van der Waals surface area contributed by atoms with Crippen LogP contribution >= 0.6 is 23.2 Å². The zero-order valence-electron chi connectivity index (χ0n) is 17.7. The predicted molar refractivity (Wildman–Crippen MR) is 125 cm³/mol. The summed E-state index contributed by atoms with van der Waals surface area (Å²) in [6.45, 7) is 0. The third kappa shape index (κ3) is 6.55. The number of nitrogens with one attached hydrogen (secondary N) is 1. The highest BCUT2D eigenvalue weighted by atomic mass is 35.5. The molecule has 1 atom stereocenters. The maximum atomic E-state index is 13.1. The first-order valence-corrected chi connectivity index (χ1v) is 11.5. The quantitative estimate of drug-likeness (QED) is 0.351. The van der Waals surface area contributed by atoms with Crippen molar-refractivity contribution in [3.8, 4) is 5.69 Å². The number of rotatable bonds is 7. The van der Waals surface area contributed by atoms with Gasteiger partial charge in [0.05, 0.1) is 49.7 Å². The van der Waals surface area contributed by atoms with Crippen LogP contribution in [0.5, 0.6) is 0 Å². The standard InChI is InChI=1S/C20H17Cl2F3N6O2S/c1-30(2)11-27-18-13(9-31(29-18)12-4-3-5-26-8-12)19(32)28-16-7-17(15(22)6-14(16)21)34(33)10-20(23,24)25/h3-9,11H,10H2,1-2H3,(H,28,32). The van der Waals surface area contributed by atoms with Crippen molar-refractivity contribution >= 4 is 57.8 Å². The highest BCUT2D eigenvalue weighted by molar-refractivity contribution is 7.85. The lowest BCUT2D eigenvalue weighted by atomic mass is 10.2. The van der Waals surface area contributed by atoms with Crippen LogP contribution in [0.4, 0.5) is 24.7 Å². The second-order valence-electron chi connectivity index (χ2n) is 7.05. The number of benzene rings is 1. The summed E-state index contributed by atoms with van der Waals surface area (Å²) in [6.07, 6.45) is 1.31. The molecule has 3 rings (SSSR count). The van der Waals surface area contributed by atoms with E-state index >= 15 is 0 Å². The summed E-state index contributed by atoms with van der Waals surface area (Å²) in [6, 6.07) is 5.58. The highest BCUT2D eigenvalue weighted by Crippen LogP contribution is 2.33. The second-order valence-corrected chi connectivity index (χ2v) is 9.29. The highest BCUT2D eigenvalue weighted by Gasteiger charge is 2.32. The number of alkyl halides is 3. The summed E-state index contributed by atoms with van der Waals surface area (Å²) in [4.78, 5) is 22.6. The zero-order chi connectivity index (χ0) is 25.0. The summed E-state index contributed by atoms with van der Waals surface area (Å²) in [5, 5.41) is 6.54. The molecule has 0 saturated heterocycles. The van der Waals surface area contributed by atoms with Gasteiger partial charge in [0.15, 0.2) is 5.82 Å². The number of carbonyl (C=O) groups excluding carboxylic acids is 1. The number of aromatic nitrogens is 3. The Hall–Kier alpha value is -2.96. The Morgan fingerprint density at radius 1 is 1.29 bits per heavy atom. The molecule has 0 aliphatic rings. The molecule has 0 aliphatic carbocycles. The van der Waals surface area contributed by atoms with Crippen LogP contribution in [0.2, 0.25) is 10.0 Å². The van der Waals surface area contributed by atoms with Crippen LogP contribution in [0, 0.1) is 0 Å². The Kier molecular flexibility index (Phi) is 7.95. The molecular weight excluding hydrogens is 516 g/mol. The van der Waals surface area contributed by atoms with Crippen molar-refractivity contribution in [2.24, 2.45) is 4.99 Å². The van der Waals surface area contributed by atoms with Crippen LogP contribution in [-0.4, -0.2) is 62.1 Å². The molecule has 1 amide bonds. The largest absolute Gasteiger partial charge is 0.400 e. The molecule has 180 valence electrons. The fourth-order valence-electron chi connectivity index (χ4n) is 2.63. The van der Waals surface area contributed by atoms with Crippen molar-refractivity contribution in [3.63, 3.8) is 0 Å². The third-order valence-corrected chi connectivity index (χ3v) is 6.23. The van der Waals surface area contributed by atoms with Gasteiger partial charge < -0.3 is 10.2 Å². The van der Waals surface area contributed by atoms with Gasteiger partial charge in [0.25, 0.3) is 5.91 Å². The minimum absolute atomic E-state index is 0.0472. The zero-order valence-corrected chi connectivity index (χ0v) is 20.0. The molecule has 3 aromatic rings. The molecule has 1 unspecified atom stereocenters. The van der Waals surface area contributed by atoms with Crippen molar-refractivity contribution in [2.75, 3.05) is 25.2 Å². The lowest BCUT2D eigenvalue weighted by molar-refractivity contribution is -0.105. The van der Waals surface area contributed by atoms with E-state index < -0.39 is 28.6 Å². The van der Waals surface area contributed by atoms with E-state index in [2.05, 4.69) is 20.4 Å². The maximum Gasteiger partial charge on any atom is 0.400 e. The number of carbonyl (C=O) groups is 1. The van der Waals surface area contributed by atoms with Gasteiger partial charge >= 0.3 is 6.18 Å². The number of anilines is 1. The molecule has 0 radical (unpaired) electrons. The summed E-state index contributed by atoms with van der Waals surface area (Å²) >= 11 is 12.1. The Balaban J connectivity index is 1.96. The van der Waals surface area contributed by atoms with Crippen LogP contribution < -0.4 is 5.32 Å². The van der Waals surface area contributed by atoms with Crippen molar-refractivity contribution in [3.05, 3.63) is 58.5 Å². The topological polar surface area (TPSA) is 92.5 Å². The second kappa shape index (κ2) is 10.5. The minimum Gasteiger partial charge on any atom is -0.369 e. The normalized spacial score (nSPS) is 12.7. The number of pyridine rings is 1. The molecule has 0 aliphatic heterocycles. The Labute approximate surface area is 204 Å². The van der Waals surface area contributed by atoms with Gasteiger partial charge in [0.2, 0.25) is 0 Å². The van der Waals surface area contributed by atoms with Crippen molar-refractivity contribution in [2.45, 2.75) is 11.1 Å². The van der Waals surface area contributed by atoms with Gasteiger partial charge in [0, 0.05) is 26.5 Å². The van der Waals surface area contributed by atoms with Crippen molar-refractivity contribution in [1.82, 2.24) is 19.7 Å². The van der Waals surface area contributed by atoms with E-state index in [-0.39, 0.29) is 32.0 Å². The number of nitrogens with zero attached hydrogens (tertiary/aromatic N) is 5. The minimum atomic E-state index is -4.67. The van der Waals surface area contributed by atoms with E-state index in [9.17, 15) is 22.2 Å². The van der Waals surface area contributed by atoms with Crippen LogP contribution in [0.15, 0.2) is 52.7 Å². The van der Waals surface area contributed by atoms with E-state index in [1.807, 2.05) is 0 Å². The van der Waals surface area contributed by atoms with Gasteiger partial charge in [-0.15, -0.1) is 5.10 Å². The van der Waals surface area contributed by atoms with Gasteiger partial charge in [-0.2, -0.15) is 13.2 Å². The Morgan fingerprint density at radius 3 is 2.65 bits per heavy atom. The van der Waals surface area contributed by atoms with Crippen LogP contribution in [0.3, 0.4) is 0 Å². The summed E-state index contributed by atoms with van der Waals surface area (Å²) < 4.78 is 51.6. The summed E-state index contributed by atoms with van der Waals surface area (Å²) in [7, 11) is 0.972. The number of amides is 1. The maximum absolute atomic E-state index is 13.1. The molecule has 2 aromatic heterocycles. The van der Waals surface area contributed by atoms with Gasteiger partial charge in [-0.3, -0.25) is 14.0 Å². The number of aliphatic imine (C=N–C) groups is 1. The van der Waals surface area contributed by atoms with Gasteiger partial charge in [0.1, 0.15) is 11.3 Å². The molecule has 1 aromatic carbocycles. The molecule has 8 nitrogen and oxygen atoms in total. The first kappa shape index (κ1) is 25.7. The number of halogens is 5. The fourth-order valence-corrected chi connectivity index (χ4v) is 4.29. The Morgan fingerprint density at radius 2 is 2.03 bits per heavy atom. The molecule has 0 bridgehead atoms. The van der Waals surface area contributed by atoms with E-state index in [0.29, 0.717) is 5.69 Å². The van der Waals surface area contributed by atoms with Gasteiger partial charge in [-0.25, -0.2) is 9.67 Å². The lowest BCUT2D eigenvalue weighted by Gasteiger charge is -2.12. The molecular formula is C20H17Cl2F3N6O2S. The monoisotopic (exact) mass is 532 g/mol. The summed E-state index contributed by atoms with van der Waals surface area (Å²) in [5.41, 5.74) is 0.543. The number of hydrogen-bond acceptors (Lipinski definition) is 5. The fraction of sp³-hybridized carbons (Fsp3) is 0.200. The Bertz CT molecular complexity index is 1250. The van der Waals surface area contributed by atoms with E-state index in [1.165, 1.54) is 23.4 Å². The number of hydrogen-bond donors (Lipinski definition) is 1. The van der Waals surface area contributed by atoms with Crippen LogP contribution in [0.1, 0.15) is 10.4 Å². The van der Waals surface area contributed by atoms with Crippen LogP contribution in [-0.2, 0) is 10.8 Å². The molecule has 14 heteroatoms. The van der Waals surface area contributed by atoms with Gasteiger partial charge in [-0.05, 0) is 24.3 Å². The molecule has 0 fully saturated rings. The SMILES string of the molecule is CN(C)C=Nc1nn(-c2cccnc2)cc1C(=O)Nc1cc(S(=O)CC(F)(F)F)c(Cl)cc1Cl. The first-order chi connectivity index (χ1) is 15.9. The van der Waals surface area contributed by atoms with Crippen molar-refractivity contribution in [1.29, 1.82) is 0 Å². The lowest BCUT2D eigenvalue weighted by Crippen LogP contribution is -2.19. The molecule has 1 N–H and O–H groups in total. The van der Waals surface area contributed by atoms with Crippen LogP contribution in [0.25, 0.3) is 5.69 Å². The molecule has 2 heterocycles. The average molecular weight is 533 g/mol. The van der Waals surface area contributed by atoms with Crippen molar-refractivity contribution < 1.29 is 22.2 Å². The molecule has 34 heavy (non-hydrogen) atoms. The first-order valence-electron chi connectivity index (χ1n) is 9.41. The third-order valence-electron chi connectivity index (χ3n) is 4.07. The van der Waals surface area contributed by atoms with E-state index in [1.54, 1.807) is 37.3 Å². The van der Waals surface area contributed by atoms with E-state index in [0.717, 1.165) is 12.1 Å². The average Bonchev–Trinajstić information content (AvgIpc) is 3.18. The predicted octanol–water partition coefficient (Wildman–Crippen LogP) is 4.72. The molecule has 0 spiro atoms. The van der Waals surface area contributed by atoms with Gasteiger partial charge in [-0.1, -0.05) is 23.2 Å². The molecule has 0 saturated carbocycles. The summed E-state index contributed by atoms with van der Waals surface area (Å²) in [5.74, 6) is -2.22. The van der Waals surface area contributed by atoms with E-state index in [4.69, 9.17) is 23.2 Å².